The third kappa shape index (κ3) is 3.19. The molecule has 5 nitrogen and oxygen atoms in total. The molecule has 0 bridgehead atoms. The molecule has 0 unspecified atom stereocenters. The predicted octanol–water partition coefficient (Wildman–Crippen LogP) is 2.90. The average molecular weight is 391 g/mol. The summed E-state index contributed by atoms with van der Waals surface area (Å²) in [6.07, 6.45) is 0.343. The van der Waals surface area contributed by atoms with Crippen molar-refractivity contribution in [3.8, 4) is 0 Å². The molecule has 29 heavy (non-hydrogen) atoms. The molecule has 1 heterocycles. The maximum absolute atomic E-state index is 13.6. The van der Waals surface area contributed by atoms with Crippen LogP contribution < -0.4 is 5.32 Å². The standard InChI is InChI=1S/C24H25NO4/c1-3-29-23(28)20-18-17(19(25-20)16-12-8-5-9-13-16)21(26)24(2,22(18)27)14-15-10-6-4-7-11-15/h4-13,17-20,25H,3,14H2,1-2H3/t17-,18+,19-,20-,24-/m0/s1. The van der Waals surface area contributed by atoms with Gasteiger partial charge in [0, 0.05) is 6.04 Å². The minimum Gasteiger partial charge on any atom is -0.465 e. The molecule has 150 valence electrons. The summed E-state index contributed by atoms with van der Waals surface area (Å²) in [7, 11) is 0. The molecule has 2 fully saturated rings. The zero-order chi connectivity index (χ0) is 20.6. The summed E-state index contributed by atoms with van der Waals surface area (Å²) < 4.78 is 5.22. The number of carbonyl (C=O) groups excluding carboxylic acids is 3. The lowest BCUT2D eigenvalue weighted by atomic mass is 9.78. The van der Waals surface area contributed by atoms with Gasteiger partial charge in [0.25, 0.3) is 0 Å². The number of hydrogen-bond donors (Lipinski definition) is 1. The second-order valence-corrected chi connectivity index (χ2v) is 8.06. The summed E-state index contributed by atoms with van der Waals surface area (Å²) >= 11 is 0. The number of ether oxygens (including phenoxy) is 1. The number of fused-ring (bicyclic) bond motifs is 1. The Labute approximate surface area is 170 Å². The molecule has 2 aliphatic rings. The van der Waals surface area contributed by atoms with Crippen molar-refractivity contribution in [1.82, 2.24) is 5.32 Å². The van der Waals surface area contributed by atoms with Gasteiger partial charge in [-0.25, -0.2) is 0 Å². The maximum Gasteiger partial charge on any atom is 0.323 e. The first kappa shape index (κ1) is 19.5. The van der Waals surface area contributed by atoms with Crippen molar-refractivity contribution < 1.29 is 19.1 Å². The number of hydrogen-bond acceptors (Lipinski definition) is 5. The summed E-state index contributed by atoms with van der Waals surface area (Å²) in [5.74, 6) is -2.01. The van der Waals surface area contributed by atoms with Crippen molar-refractivity contribution in [1.29, 1.82) is 0 Å². The second-order valence-electron chi connectivity index (χ2n) is 8.06. The molecule has 2 aromatic carbocycles. The van der Waals surface area contributed by atoms with Crippen molar-refractivity contribution >= 4 is 17.5 Å². The van der Waals surface area contributed by atoms with Gasteiger partial charge in [0.05, 0.1) is 23.9 Å². The maximum atomic E-state index is 13.6. The van der Waals surface area contributed by atoms with Crippen molar-refractivity contribution in [2.45, 2.75) is 32.4 Å². The Morgan fingerprint density at radius 1 is 0.966 bits per heavy atom. The molecule has 0 amide bonds. The molecule has 0 radical (unpaired) electrons. The summed E-state index contributed by atoms with van der Waals surface area (Å²) in [6, 6.07) is 17.9. The number of ketones is 2. The largest absolute Gasteiger partial charge is 0.465 e. The Kier molecular flexibility index (Phi) is 5.09. The van der Waals surface area contributed by atoms with Crippen LogP contribution in [0.3, 0.4) is 0 Å². The van der Waals surface area contributed by atoms with E-state index in [1.54, 1.807) is 13.8 Å². The van der Waals surface area contributed by atoms with Crippen molar-refractivity contribution in [2.24, 2.45) is 17.3 Å². The minimum absolute atomic E-state index is 0.0931. The van der Waals surface area contributed by atoms with Gasteiger partial charge in [-0.3, -0.25) is 19.7 Å². The molecular weight excluding hydrogens is 366 g/mol. The molecule has 1 saturated heterocycles. The Hall–Kier alpha value is -2.79. The number of carbonyl (C=O) groups is 3. The van der Waals surface area contributed by atoms with Crippen LogP contribution in [0.4, 0.5) is 0 Å². The van der Waals surface area contributed by atoms with Crippen LogP contribution in [0.25, 0.3) is 0 Å². The van der Waals surface area contributed by atoms with E-state index in [1.165, 1.54) is 0 Å². The van der Waals surface area contributed by atoms with Crippen LogP contribution in [0.1, 0.15) is 31.0 Å². The van der Waals surface area contributed by atoms with Gasteiger partial charge in [-0.1, -0.05) is 60.7 Å². The number of benzene rings is 2. The van der Waals surface area contributed by atoms with Gasteiger partial charge in [0.15, 0.2) is 11.6 Å². The molecule has 5 atom stereocenters. The molecule has 1 aliphatic heterocycles. The first-order chi connectivity index (χ1) is 14.0. The fourth-order valence-corrected chi connectivity index (χ4v) is 4.89. The summed E-state index contributed by atoms with van der Waals surface area (Å²) in [5.41, 5.74) is 0.698. The smallest absolute Gasteiger partial charge is 0.323 e. The van der Waals surface area contributed by atoms with Crippen LogP contribution in [0.2, 0.25) is 0 Å². The SMILES string of the molecule is CCOC(=O)[C@H]1N[C@@H](c2ccccc2)[C@H]2C(=O)[C@](C)(Cc3ccccc3)C(=O)[C@H]21. The van der Waals surface area contributed by atoms with E-state index in [-0.39, 0.29) is 24.2 Å². The molecule has 0 spiro atoms. The third-order valence-corrected chi connectivity index (χ3v) is 6.26. The molecule has 2 aromatic rings. The van der Waals surface area contributed by atoms with E-state index in [0.717, 1.165) is 11.1 Å². The summed E-state index contributed by atoms with van der Waals surface area (Å²) in [4.78, 5) is 39.8. The first-order valence-electron chi connectivity index (χ1n) is 10.1. The third-order valence-electron chi connectivity index (χ3n) is 6.26. The van der Waals surface area contributed by atoms with Crippen molar-refractivity contribution in [3.05, 3.63) is 71.8 Å². The van der Waals surface area contributed by atoms with E-state index in [2.05, 4.69) is 5.32 Å². The van der Waals surface area contributed by atoms with Crippen LogP contribution in [-0.2, 0) is 25.5 Å². The van der Waals surface area contributed by atoms with Gasteiger partial charge in [-0.2, -0.15) is 0 Å². The van der Waals surface area contributed by atoms with Crippen LogP contribution in [0, 0.1) is 17.3 Å². The molecule has 1 N–H and O–H groups in total. The Morgan fingerprint density at radius 3 is 2.17 bits per heavy atom. The number of esters is 1. The normalized spacial score (nSPS) is 31.0. The number of rotatable bonds is 5. The van der Waals surface area contributed by atoms with Gasteiger partial charge in [0.1, 0.15) is 6.04 Å². The molecule has 4 rings (SSSR count). The Morgan fingerprint density at radius 2 is 1.55 bits per heavy atom. The van der Waals surface area contributed by atoms with Crippen LogP contribution in [-0.4, -0.2) is 30.2 Å². The summed E-state index contributed by atoms with van der Waals surface area (Å²) in [5, 5.41) is 3.24. The highest BCUT2D eigenvalue weighted by Gasteiger charge is 2.66. The van der Waals surface area contributed by atoms with Crippen molar-refractivity contribution in [3.63, 3.8) is 0 Å². The van der Waals surface area contributed by atoms with E-state index < -0.39 is 29.3 Å². The van der Waals surface area contributed by atoms with Gasteiger partial charge >= 0.3 is 5.97 Å². The van der Waals surface area contributed by atoms with Gasteiger partial charge in [-0.15, -0.1) is 0 Å². The zero-order valence-corrected chi connectivity index (χ0v) is 16.6. The van der Waals surface area contributed by atoms with Gasteiger partial charge < -0.3 is 4.74 Å². The van der Waals surface area contributed by atoms with E-state index in [9.17, 15) is 14.4 Å². The number of nitrogens with one attached hydrogen (secondary N) is 1. The van der Waals surface area contributed by atoms with Gasteiger partial charge in [0.2, 0.25) is 0 Å². The molecule has 1 saturated carbocycles. The highest BCUT2D eigenvalue weighted by molar-refractivity contribution is 6.17. The van der Waals surface area contributed by atoms with E-state index in [0.29, 0.717) is 6.42 Å². The van der Waals surface area contributed by atoms with E-state index in [4.69, 9.17) is 4.74 Å². The minimum atomic E-state index is -1.14. The lowest BCUT2D eigenvalue weighted by Crippen LogP contribution is -2.44. The predicted molar refractivity (Wildman–Crippen MR) is 108 cm³/mol. The van der Waals surface area contributed by atoms with Crippen LogP contribution in [0.5, 0.6) is 0 Å². The highest BCUT2D eigenvalue weighted by atomic mass is 16.5. The van der Waals surface area contributed by atoms with Crippen LogP contribution in [0.15, 0.2) is 60.7 Å². The molecule has 5 heteroatoms. The zero-order valence-electron chi connectivity index (χ0n) is 16.6. The topological polar surface area (TPSA) is 72.5 Å². The Balaban J connectivity index is 1.74. The van der Waals surface area contributed by atoms with E-state index in [1.807, 2.05) is 60.7 Å². The van der Waals surface area contributed by atoms with E-state index >= 15 is 0 Å². The average Bonchev–Trinajstić information content (AvgIpc) is 3.21. The second kappa shape index (κ2) is 7.56. The molecule has 0 aromatic heterocycles. The fraction of sp³-hybridized carbons (Fsp3) is 0.375. The van der Waals surface area contributed by atoms with Crippen LogP contribution >= 0.6 is 0 Å². The fourth-order valence-electron chi connectivity index (χ4n) is 4.89. The first-order valence-corrected chi connectivity index (χ1v) is 10.1. The molecular formula is C24H25NO4. The lowest BCUT2D eigenvalue weighted by molar-refractivity contribution is -0.149. The number of Topliss-reactive ketones (excluding diaryl/α,β-unsaturated/α-hetero) is 2. The quantitative estimate of drug-likeness (QED) is 0.627. The molecule has 1 aliphatic carbocycles. The highest BCUT2D eigenvalue weighted by Crippen LogP contribution is 2.51. The van der Waals surface area contributed by atoms with Crippen molar-refractivity contribution in [2.75, 3.05) is 6.61 Å². The lowest BCUT2D eigenvalue weighted by Gasteiger charge is -2.26. The monoisotopic (exact) mass is 391 g/mol. The summed E-state index contributed by atoms with van der Waals surface area (Å²) in [6.45, 7) is 3.70. The Bertz CT molecular complexity index is 926. The van der Waals surface area contributed by atoms with Gasteiger partial charge in [-0.05, 0) is 31.4 Å².